The summed E-state index contributed by atoms with van der Waals surface area (Å²) in [4.78, 5) is 27.6. The van der Waals surface area contributed by atoms with Crippen molar-refractivity contribution in [1.29, 1.82) is 0 Å². The summed E-state index contributed by atoms with van der Waals surface area (Å²) in [6, 6.07) is 11.1. The van der Waals surface area contributed by atoms with Crippen LogP contribution in [-0.2, 0) is 26.2 Å². The second-order valence-corrected chi connectivity index (χ2v) is 11.7. The fourth-order valence-electron chi connectivity index (χ4n) is 3.83. The van der Waals surface area contributed by atoms with Gasteiger partial charge in [0, 0.05) is 26.1 Å². The van der Waals surface area contributed by atoms with Crippen molar-refractivity contribution in [3.05, 3.63) is 58.1 Å². The Morgan fingerprint density at radius 3 is 2.29 bits per heavy atom. The minimum absolute atomic E-state index is 0.0525. The monoisotopic (exact) mass is 585 g/mol. The molecule has 0 fully saturated rings. The van der Waals surface area contributed by atoms with Crippen LogP contribution in [0.15, 0.2) is 42.5 Å². The molecule has 0 unspecified atom stereocenters. The second kappa shape index (κ2) is 15.2. The van der Waals surface area contributed by atoms with E-state index in [1.807, 2.05) is 13.8 Å². The smallest absolute Gasteiger partial charge is 0.242 e. The zero-order chi connectivity index (χ0) is 28.3. The van der Waals surface area contributed by atoms with Crippen molar-refractivity contribution in [1.82, 2.24) is 10.2 Å². The van der Waals surface area contributed by atoms with Crippen LogP contribution in [0.25, 0.3) is 0 Å². The standard InChI is InChI=1S/C27H37Cl2N3O5S/c1-5-7-16-30-27(34)20(3)31(19-21-10-15-24(28)25(29)18-21)26(33)9-8-17-32(38(4,35)36)22-11-13-23(14-12-22)37-6-2/h10-15,18,20H,5-9,16-17,19H2,1-4H3,(H,30,34)/t20-/m1/s1. The van der Waals surface area contributed by atoms with E-state index in [0.29, 0.717) is 34.6 Å². The fourth-order valence-corrected chi connectivity index (χ4v) is 5.12. The van der Waals surface area contributed by atoms with Crippen molar-refractivity contribution in [2.24, 2.45) is 0 Å². The molecule has 2 aromatic carbocycles. The molecule has 0 aliphatic rings. The lowest BCUT2D eigenvalue weighted by molar-refractivity contribution is -0.140. The third kappa shape index (κ3) is 9.67. The molecule has 11 heteroatoms. The van der Waals surface area contributed by atoms with Gasteiger partial charge in [-0.3, -0.25) is 13.9 Å². The van der Waals surface area contributed by atoms with Gasteiger partial charge in [0.05, 0.1) is 28.6 Å². The molecule has 2 aromatic rings. The van der Waals surface area contributed by atoms with E-state index in [2.05, 4.69) is 5.32 Å². The number of anilines is 1. The Morgan fingerprint density at radius 2 is 1.71 bits per heavy atom. The number of carbonyl (C=O) groups excluding carboxylic acids is 2. The van der Waals surface area contributed by atoms with Crippen LogP contribution in [0.4, 0.5) is 5.69 Å². The first-order valence-electron chi connectivity index (χ1n) is 12.7. The first kappa shape index (κ1) is 31.7. The summed E-state index contributed by atoms with van der Waals surface area (Å²) < 4.78 is 31.7. The third-order valence-electron chi connectivity index (χ3n) is 5.92. The van der Waals surface area contributed by atoms with Crippen LogP contribution in [0.1, 0.15) is 52.0 Å². The van der Waals surface area contributed by atoms with E-state index in [-0.39, 0.29) is 37.7 Å². The third-order valence-corrected chi connectivity index (χ3v) is 7.85. The van der Waals surface area contributed by atoms with Gasteiger partial charge in [0.1, 0.15) is 11.8 Å². The van der Waals surface area contributed by atoms with Gasteiger partial charge in [0.2, 0.25) is 21.8 Å². The van der Waals surface area contributed by atoms with Crippen molar-refractivity contribution in [3.8, 4) is 5.75 Å². The van der Waals surface area contributed by atoms with E-state index >= 15 is 0 Å². The van der Waals surface area contributed by atoms with Gasteiger partial charge in [-0.05, 0) is 68.7 Å². The number of benzene rings is 2. The second-order valence-electron chi connectivity index (χ2n) is 8.96. The molecule has 0 radical (unpaired) electrons. The number of hydrogen-bond acceptors (Lipinski definition) is 5. The van der Waals surface area contributed by atoms with Gasteiger partial charge in [-0.1, -0.05) is 42.6 Å². The lowest BCUT2D eigenvalue weighted by Gasteiger charge is -2.29. The van der Waals surface area contributed by atoms with Gasteiger partial charge in [-0.2, -0.15) is 0 Å². The van der Waals surface area contributed by atoms with Crippen molar-refractivity contribution >= 4 is 50.7 Å². The number of rotatable bonds is 15. The molecule has 0 aliphatic heterocycles. The molecule has 0 aromatic heterocycles. The van der Waals surface area contributed by atoms with Gasteiger partial charge >= 0.3 is 0 Å². The molecule has 2 rings (SSSR count). The molecule has 0 bridgehead atoms. The zero-order valence-electron chi connectivity index (χ0n) is 22.4. The molecular formula is C27H37Cl2N3O5S. The Bertz CT molecular complexity index is 1180. The van der Waals surface area contributed by atoms with E-state index in [1.165, 1.54) is 9.21 Å². The number of nitrogens with zero attached hydrogens (tertiary/aromatic N) is 2. The van der Waals surface area contributed by atoms with Gasteiger partial charge in [-0.15, -0.1) is 0 Å². The lowest BCUT2D eigenvalue weighted by Crippen LogP contribution is -2.48. The first-order valence-corrected chi connectivity index (χ1v) is 15.3. The Labute approximate surface area is 236 Å². The molecular weight excluding hydrogens is 549 g/mol. The Hall–Kier alpha value is -2.49. The van der Waals surface area contributed by atoms with Gasteiger partial charge < -0.3 is 15.0 Å². The molecule has 38 heavy (non-hydrogen) atoms. The summed E-state index contributed by atoms with van der Waals surface area (Å²) in [7, 11) is -3.58. The molecule has 210 valence electrons. The number of carbonyl (C=O) groups is 2. The Morgan fingerprint density at radius 1 is 1.03 bits per heavy atom. The van der Waals surface area contributed by atoms with E-state index in [4.69, 9.17) is 27.9 Å². The summed E-state index contributed by atoms with van der Waals surface area (Å²) in [5, 5.41) is 3.63. The summed E-state index contributed by atoms with van der Waals surface area (Å²) in [6.07, 6.45) is 3.22. The van der Waals surface area contributed by atoms with Crippen LogP contribution in [0.5, 0.6) is 5.75 Å². The maximum atomic E-state index is 13.4. The van der Waals surface area contributed by atoms with Crippen LogP contribution in [0.2, 0.25) is 10.0 Å². The molecule has 8 nitrogen and oxygen atoms in total. The summed E-state index contributed by atoms with van der Waals surface area (Å²) in [5.74, 6) is 0.123. The molecule has 0 heterocycles. The van der Waals surface area contributed by atoms with Gasteiger partial charge in [0.15, 0.2) is 0 Å². The van der Waals surface area contributed by atoms with Crippen molar-refractivity contribution < 1.29 is 22.7 Å². The fraction of sp³-hybridized carbons (Fsp3) is 0.481. The average Bonchev–Trinajstić information content (AvgIpc) is 2.87. The van der Waals surface area contributed by atoms with Crippen LogP contribution in [-0.4, -0.2) is 57.1 Å². The molecule has 1 atom stereocenters. The molecule has 1 N–H and O–H groups in total. The average molecular weight is 587 g/mol. The number of nitrogens with one attached hydrogen (secondary N) is 1. The van der Waals surface area contributed by atoms with Crippen molar-refractivity contribution in [2.75, 3.05) is 30.3 Å². The topological polar surface area (TPSA) is 96.0 Å². The number of unbranched alkanes of at least 4 members (excludes halogenated alkanes) is 1. The lowest BCUT2D eigenvalue weighted by atomic mass is 10.1. The highest BCUT2D eigenvalue weighted by Gasteiger charge is 2.26. The predicted octanol–water partition coefficient (Wildman–Crippen LogP) is 5.27. The molecule has 2 amide bonds. The van der Waals surface area contributed by atoms with E-state index < -0.39 is 16.1 Å². The number of amides is 2. The molecule has 0 saturated carbocycles. The van der Waals surface area contributed by atoms with Crippen molar-refractivity contribution in [3.63, 3.8) is 0 Å². The number of hydrogen-bond donors (Lipinski definition) is 1. The minimum atomic E-state index is -3.58. The zero-order valence-corrected chi connectivity index (χ0v) is 24.7. The number of sulfonamides is 1. The highest BCUT2D eigenvalue weighted by atomic mass is 35.5. The highest BCUT2D eigenvalue weighted by Crippen LogP contribution is 2.25. The van der Waals surface area contributed by atoms with Crippen LogP contribution < -0.4 is 14.4 Å². The molecule has 0 aliphatic carbocycles. The van der Waals surface area contributed by atoms with E-state index in [1.54, 1.807) is 49.4 Å². The summed E-state index contributed by atoms with van der Waals surface area (Å²) >= 11 is 12.2. The van der Waals surface area contributed by atoms with Crippen LogP contribution in [0.3, 0.4) is 0 Å². The van der Waals surface area contributed by atoms with Crippen LogP contribution >= 0.6 is 23.2 Å². The summed E-state index contributed by atoms with van der Waals surface area (Å²) in [6.45, 7) is 6.88. The maximum absolute atomic E-state index is 13.4. The Balaban J connectivity index is 2.16. The first-order chi connectivity index (χ1) is 18.0. The van der Waals surface area contributed by atoms with Crippen molar-refractivity contribution in [2.45, 2.75) is 59.0 Å². The molecule has 0 spiro atoms. The normalized spacial score (nSPS) is 12.1. The molecule has 0 saturated heterocycles. The predicted molar refractivity (Wildman–Crippen MR) is 153 cm³/mol. The Kier molecular flexibility index (Phi) is 12.7. The van der Waals surface area contributed by atoms with Gasteiger partial charge in [-0.25, -0.2) is 8.42 Å². The minimum Gasteiger partial charge on any atom is -0.494 e. The summed E-state index contributed by atoms with van der Waals surface area (Å²) in [5.41, 5.74) is 1.22. The highest BCUT2D eigenvalue weighted by molar-refractivity contribution is 7.92. The quantitative estimate of drug-likeness (QED) is 0.287. The van der Waals surface area contributed by atoms with E-state index in [9.17, 15) is 18.0 Å². The maximum Gasteiger partial charge on any atom is 0.242 e. The van der Waals surface area contributed by atoms with E-state index in [0.717, 1.165) is 24.7 Å². The SMILES string of the molecule is CCCCNC(=O)[C@@H](C)N(Cc1ccc(Cl)c(Cl)c1)C(=O)CCCN(c1ccc(OCC)cc1)S(C)(=O)=O. The largest absolute Gasteiger partial charge is 0.494 e. The van der Waals surface area contributed by atoms with Gasteiger partial charge in [0.25, 0.3) is 0 Å². The number of halogens is 2. The van der Waals surface area contributed by atoms with Crippen LogP contribution in [0, 0.1) is 0 Å². The number of ether oxygens (including phenoxy) is 1.